The lowest BCUT2D eigenvalue weighted by molar-refractivity contribution is -0.116. The van der Waals surface area contributed by atoms with E-state index in [0.29, 0.717) is 25.5 Å². The lowest BCUT2D eigenvalue weighted by Crippen LogP contribution is -2.14. The lowest BCUT2D eigenvalue weighted by atomic mass is 10.1. The van der Waals surface area contributed by atoms with E-state index in [1.165, 1.54) is 0 Å². The van der Waals surface area contributed by atoms with Gasteiger partial charge in [0.2, 0.25) is 5.91 Å². The maximum absolute atomic E-state index is 12.0. The Hall–Kier alpha value is -2.21. The fourth-order valence-corrected chi connectivity index (χ4v) is 3.28. The number of rotatable bonds is 10. The lowest BCUT2D eigenvalue weighted by Gasteiger charge is -2.17. The number of benzene rings is 2. The van der Waals surface area contributed by atoms with E-state index in [0.717, 1.165) is 32.9 Å². The topological polar surface area (TPSA) is 59.6 Å². The number of nitrogens with one attached hydrogen (secondary N) is 2. The molecule has 158 valence electrons. The fraction of sp³-hybridized carbons (Fsp3) is 0.435. The van der Waals surface area contributed by atoms with Crippen LogP contribution in [0.15, 0.2) is 40.9 Å². The zero-order chi connectivity index (χ0) is 21.4. The van der Waals surface area contributed by atoms with Crippen LogP contribution >= 0.6 is 15.9 Å². The van der Waals surface area contributed by atoms with Gasteiger partial charge in [0.1, 0.15) is 0 Å². The van der Waals surface area contributed by atoms with Gasteiger partial charge in [-0.1, -0.05) is 35.8 Å². The summed E-state index contributed by atoms with van der Waals surface area (Å²) in [5, 5.41) is 6.36. The molecule has 6 heteroatoms. The van der Waals surface area contributed by atoms with Gasteiger partial charge >= 0.3 is 0 Å². The van der Waals surface area contributed by atoms with Gasteiger partial charge in [0.05, 0.1) is 12.7 Å². The van der Waals surface area contributed by atoms with E-state index in [4.69, 9.17) is 9.47 Å². The normalized spacial score (nSPS) is 10.9. The monoisotopic (exact) mass is 462 g/mol. The number of amides is 1. The second-order valence-electron chi connectivity index (χ2n) is 7.57. The van der Waals surface area contributed by atoms with Crippen LogP contribution in [-0.4, -0.2) is 18.6 Å². The van der Waals surface area contributed by atoms with Gasteiger partial charge in [0.25, 0.3) is 0 Å². The molecule has 0 bridgehead atoms. The molecule has 1 amide bonds. The molecule has 0 aliphatic carbocycles. The smallest absolute Gasteiger partial charge is 0.224 e. The Morgan fingerprint density at radius 2 is 1.79 bits per heavy atom. The Kier molecular flexibility index (Phi) is 8.83. The summed E-state index contributed by atoms with van der Waals surface area (Å²) < 4.78 is 12.6. The van der Waals surface area contributed by atoms with Crippen LogP contribution in [0.25, 0.3) is 0 Å². The van der Waals surface area contributed by atoms with Crippen LogP contribution < -0.4 is 20.1 Å². The molecular formula is C23H31BrN2O3. The molecule has 0 aliphatic rings. The number of hydrogen-bond acceptors (Lipinski definition) is 4. The minimum atomic E-state index is 0.0296. The minimum absolute atomic E-state index is 0.0296. The average Bonchev–Trinajstić information content (AvgIpc) is 2.62. The average molecular weight is 463 g/mol. The Bertz CT molecular complexity index is 822. The predicted octanol–water partition coefficient (Wildman–Crippen LogP) is 6.23. The van der Waals surface area contributed by atoms with E-state index < -0.39 is 0 Å². The van der Waals surface area contributed by atoms with Crippen LogP contribution in [0, 0.1) is 5.92 Å². The summed E-state index contributed by atoms with van der Waals surface area (Å²) in [6.07, 6.45) is 0.578. The van der Waals surface area contributed by atoms with E-state index in [-0.39, 0.29) is 12.0 Å². The van der Waals surface area contributed by atoms with Gasteiger partial charge in [-0.3, -0.25) is 4.79 Å². The molecule has 29 heavy (non-hydrogen) atoms. The second-order valence-corrected chi connectivity index (χ2v) is 8.42. The number of hydrogen-bond donors (Lipinski definition) is 2. The van der Waals surface area contributed by atoms with Crippen molar-refractivity contribution in [2.75, 3.05) is 17.2 Å². The van der Waals surface area contributed by atoms with Crippen molar-refractivity contribution < 1.29 is 14.3 Å². The van der Waals surface area contributed by atoms with Gasteiger partial charge in [0.15, 0.2) is 11.5 Å². The number of halogens is 1. The van der Waals surface area contributed by atoms with Gasteiger partial charge in [0, 0.05) is 28.8 Å². The summed E-state index contributed by atoms with van der Waals surface area (Å²) in [4.78, 5) is 12.0. The van der Waals surface area contributed by atoms with Crippen molar-refractivity contribution in [3.63, 3.8) is 0 Å². The molecule has 0 atom stereocenters. The molecule has 0 unspecified atom stereocenters. The molecule has 0 aromatic heterocycles. The Morgan fingerprint density at radius 1 is 1.07 bits per heavy atom. The van der Waals surface area contributed by atoms with E-state index in [1.807, 2.05) is 71.0 Å². The number of anilines is 2. The summed E-state index contributed by atoms with van der Waals surface area (Å²) in [6.45, 7) is 11.2. The number of carbonyl (C=O) groups excluding carboxylic acids is 1. The van der Waals surface area contributed by atoms with Gasteiger partial charge < -0.3 is 20.1 Å². The molecule has 0 radical (unpaired) electrons. The molecule has 0 saturated heterocycles. The maximum atomic E-state index is 12.0. The zero-order valence-corrected chi connectivity index (χ0v) is 19.4. The summed E-state index contributed by atoms with van der Waals surface area (Å²) >= 11 is 3.63. The molecule has 0 spiro atoms. The van der Waals surface area contributed by atoms with E-state index >= 15 is 0 Å². The third kappa shape index (κ3) is 7.61. The zero-order valence-electron chi connectivity index (χ0n) is 17.8. The third-order valence-corrected chi connectivity index (χ3v) is 4.74. The van der Waals surface area contributed by atoms with E-state index in [1.54, 1.807) is 0 Å². The quantitative estimate of drug-likeness (QED) is 0.439. The van der Waals surface area contributed by atoms with Gasteiger partial charge in [-0.2, -0.15) is 0 Å². The molecule has 2 aromatic rings. The first kappa shape index (κ1) is 23.1. The molecule has 5 nitrogen and oxygen atoms in total. The van der Waals surface area contributed by atoms with E-state index in [9.17, 15) is 4.79 Å². The number of ether oxygens (including phenoxy) is 2. The predicted molar refractivity (Wildman–Crippen MR) is 123 cm³/mol. The summed E-state index contributed by atoms with van der Waals surface area (Å²) in [5.74, 6) is 1.82. The largest absolute Gasteiger partial charge is 0.490 e. The first-order valence-electron chi connectivity index (χ1n) is 10.0. The highest BCUT2D eigenvalue weighted by Gasteiger charge is 2.12. The SMILES string of the molecule is CCOc1cc(CNc2cccc(NC(=O)CC(C)C)c2)c(Br)cc1OC(C)C. The molecular weight excluding hydrogens is 432 g/mol. The number of carbonyl (C=O) groups is 1. The Morgan fingerprint density at radius 3 is 2.45 bits per heavy atom. The van der Waals surface area contributed by atoms with Crippen molar-refractivity contribution in [2.45, 2.75) is 53.7 Å². The van der Waals surface area contributed by atoms with Crippen LogP contribution in [0.2, 0.25) is 0 Å². The van der Waals surface area contributed by atoms with Crippen molar-refractivity contribution in [3.8, 4) is 11.5 Å². The molecule has 2 aromatic carbocycles. The summed E-state index contributed by atoms with van der Waals surface area (Å²) in [5.41, 5.74) is 2.77. The van der Waals surface area contributed by atoms with Crippen molar-refractivity contribution in [1.29, 1.82) is 0 Å². The summed E-state index contributed by atoms with van der Waals surface area (Å²) in [6, 6.07) is 11.7. The highest BCUT2D eigenvalue weighted by molar-refractivity contribution is 9.10. The molecule has 0 fully saturated rings. The summed E-state index contributed by atoms with van der Waals surface area (Å²) in [7, 11) is 0. The van der Waals surface area contributed by atoms with Crippen LogP contribution in [-0.2, 0) is 11.3 Å². The van der Waals surface area contributed by atoms with Crippen molar-refractivity contribution >= 4 is 33.2 Å². The minimum Gasteiger partial charge on any atom is -0.490 e. The highest BCUT2D eigenvalue weighted by atomic mass is 79.9. The molecule has 0 aliphatic heterocycles. The van der Waals surface area contributed by atoms with Gasteiger partial charge in [-0.25, -0.2) is 0 Å². The van der Waals surface area contributed by atoms with Crippen LogP contribution in [0.5, 0.6) is 11.5 Å². The molecule has 2 N–H and O–H groups in total. The second kappa shape index (κ2) is 11.1. The van der Waals surface area contributed by atoms with Crippen molar-refractivity contribution in [1.82, 2.24) is 0 Å². The first-order chi connectivity index (χ1) is 13.8. The molecule has 0 saturated carbocycles. The van der Waals surface area contributed by atoms with Crippen molar-refractivity contribution in [2.24, 2.45) is 5.92 Å². The van der Waals surface area contributed by atoms with Gasteiger partial charge in [-0.05, 0) is 62.6 Å². The van der Waals surface area contributed by atoms with Crippen LogP contribution in [0.4, 0.5) is 11.4 Å². The molecule has 0 heterocycles. The first-order valence-corrected chi connectivity index (χ1v) is 10.8. The Labute approximate surface area is 182 Å². The highest BCUT2D eigenvalue weighted by Crippen LogP contribution is 2.35. The Balaban J connectivity index is 2.10. The standard InChI is InChI=1S/C23H31BrN2O3/c1-6-28-21-11-17(20(24)13-22(21)29-16(4)5)14-25-18-8-7-9-19(12-18)26-23(27)10-15(2)3/h7-9,11-13,15-16,25H,6,10,14H2,1-5H3,(H,26,27). The van der Waals surface area contributed by atoms with Crippen LogP contribution in [0.1, 0.15) is 46.6 Å². The van der Waals surface area contributed by atoms with Crippen LogP contribution in [0.3, 0.4) is 0 Å². The van der Waals surface area contributed by atoms with Crippen molar-refractivity contribution in [3.05, 3.63) is 46.4 Å². The van der Waals surface area contributed by atoms with E-state index in [2.05, 4.69) is 26.6 Å². The maximum Gasteiger partial charge on any atom is 0.224 e. The third-order valence-electron chi connectivity index (χ3n) is 4.00. The fourth-order valence-electron chi connectivity index (χ4n) is 2.81. The van der Waals surface area contributed by atoms with Gasteiger partial charge in [-0.15, -0.1) is 0 Å². The molecule has 2 rings (SSSR count).